The third-order valence-corrected chi connectivity index (χ3v) is 8.32. The number of fused-ring (bicyclic) bond motifs is 6. The summed E-state index contributed by atoms with van der Waals surface area (Å²) in [6, 6.07) is -1.12. The molecule has 0 aromatic carbocycles. The van der Waals surface area contributed by atoms with Gasteiger partial charge in [0.2, 0.25) is 0 Å². The fourth-order valence-electron chi connectivity index (χ4n) is 6.11. The lowest BCUT2D eigenvalue weighted by Crippen LogP contribution is -2.52. The Labute approximate surface area is 219 Å². The second kappa shape index (κ2) is 11.3. The van der Waals surface area contributed by atoms with Crippen LogP contribution >= 0.6 is 0 Å². The van der Waals surface area contributed by atoms with Gasteiger partial charge in [0.05, 0.1) is 58.0 Å². The van der Waals surface area contributed by atoms with E-state index in [0.717, 1.165) is 0 Å². The van der Waals surface area contributed by atoms with Crippen molar-refractivity contribution < 1.29 is 58.3 Å². The van der Waals surface area contributed by atoms with Crippen LogP contribution in [0.2, 0.25) is 0 Å². The van der Waals surface area contributed by atoms with Crippen LogP contribution in [0.25, 0.3) is 0 Å². The molecule has 6 aliphatic rings. The third kappa shape index (κ3) is 4.81. The predicted molar refractivity (Wildman–Crippen MR) is 127 cm³/mol. The summed E-state index contributed by atoms with van der Waals surface area (Å²) >= 11 is 0. The minimum atomic E-state index is -0.970. The average Bonchev–Trinajstić information content (AvgIpc) is 3.53. The molecule has 5 unspecified atom stereocenters. The van der Waals surface area contributed by atoms with Crippen molar-refractivity contribution in [2.24, 2.45) is 5.92 Å². The molecule has 0 amide bonds. The lowest BCUT2D eigenvalue weighted by atomic mass is 9.81. The van der Waals surface area contributed by atoms with Crippen molar-refractivity contribution in [1.29, 1.82) is 0 Å². The van der Waals surface area contributed by atoms with Crippen molar-refractivity contribution >= 4 is 15.7 Å². The minimum Gasteiger partial charge on any atom is -0.393 e. The maximum atomic E-state index is 9.68. The summed E-state index contributed by atoms with van der Waals surface area (Å²) in [5.41, 5.74) is -2.33. The van der Waals surface area contributed by atoms with Crippen LogP contribution in [0.15, 0.2) is 0 Å². The molecule has 0 aromatic rings. The Morgan fingerprint density at radius 1 is 0.892 bits per heavy atom. The zero-order valence-electron chi connectivity index (χ0n) is 21.7. The van der Waals surface area contributed by atoms with E-state index in [-0.39, 0.29) is 56.8 Å². The van der Waals surface area contributed by atoms with Crippen LogP contribution in [0.1, 0.15) is 13.8 Å². The summed E-state index contributed by atoms with van der Waals surface area (Å²) in [5, 5.41) is 37.1. The molecule has 6 rings (SSSR count). The van der Waals surface area contributed by atoms with E-state index in [2.05, 4.69) is 0 Å². The van der Waals surface area contributed by atoms with E-state index in [4.69, 9.17) is 63.8 Å². The zero-order valence-corrected chi connectivity index (χ0v) is 21.7. The number of hydrogen-bond donors (Lipinski definition) is 4. The second-order valence-corrected chi connectivity index (χ2v) is 10.6. The van der Waals surface area contributed by atoms with Crippen molar-refractivity contribution in [1.82, 2.24) is 0 Å². The van der Waals surface area contributed by atoms with E-state index in [1.807, 2.05) is 13.8 Å². The van der Waals surface area contributed by atoms with Gasteiger partial charge in [-0.05, 0) is 13.8 Å². The Bertz CT molecular complexity index is 782. The largest absolute Gasteiger partial charge is 0.393 e. The molecule has 13 atom stereocenters. The third-order valence-electron chi connectivity index (χ3n) is 8.32. The summed E-state index contributed by atoms with van der Waals surface area (Å²) in [6.45, 7) is 4.89. The number of methoxy groups -OCH3 is 2. The van der Waals surface area contributed by atoms with Crippen molar-refractivity contribution in [3.05, 3.63) is 0 Å². The van der Waals surface area contributed by atoms with Gasteiger partial charge in [-0.3, -0.25) is 0 Å². The second-order valence-electron chi connectivity index (χ2n) is 10.6. The lowest BCUT2D eigenvalue weighted by molar-refractivity contribution is -0.194. The molecule has 0 aliphatic carbocycles. The standard InChI is InChI=1S/C10H18O4.C7H11BO4.C6H9BO4/c1-6-8-9(12-4)10(14-6,5-11-3)7(2)13-8;8-6-4-1-11-3-7(2-9,12-6)5(4)10;7-5-3-4(9)6(1-8,11-5)2-10-3/h6-9H,5H2,1-4H3;4-6,9-10H,1-3H2;3-5,8-9H,1-2H2/t6-,7?,8-,9-,10-;4-,5+,6?,7?;3-,4+,5?,6?/m000/s1. The number of ether oxygens (including phenoxy) is 8. The molecular weight excluding hydrogens is 490 g/mol. The molecule has 4 radical (unpaired) electrons. The molecule has 6 saturated heterocycles. The first-order valence-electron chi connectivity index (χ1n) is 12.5. The molecule has 6 bridgehead atoms. The zero-order chi connectivity index (χ0) is 27.2. The molecule has 0 aromatic heterocycles. The van der Waals surface area contributed by atoms with Crippen LogP contribution in [0.5, 0.6) is 0 Å². The first kappa shape index (κ1) is 29.6. The van der Waals surface area contributed by atoms with Gasteiger partial charge in [-0.2, -0.15) is 0 Å². The molecule has 208 valence electrons. The van der Waals surface area contributed by atoms with Crippen LogP contribution in [-0.2, 0) is 37.9 Å². The van der Waals surface area contributed by atoms with Crippen LogP contribution in [-0.4, -0.2) is 162 Å². The molecular formula is C23H38B2O12. The molecule has 14 heteroatoms. The van der Waals surface area contributed by atoms with E-state index < -0.39 is 47.1 Å². The highest BCUT2D eigenvalue weighted by Crippen LogP contribution is 2.45. The molecule has 4 N–H and O–H groups in total. The van der Waals surface area contributed by atoms with E-state index in [9.17, 15) is 10.2 Å². The number of hydrogen-bond acceptors (Lipinski definition) is 12. The first-order chi connectivity index (χ1) is 17.5. The van der Waals surface area contributed by atoms with Crippen molar-refractivity contribution in [3.8, 4) is 0 Å². The molecule has 6 aliphatic heterocycles. The van der Waals surface area contributed by atoms with Gasteiger partial charge in [-0.1, -0.05) is 0 Å². The Morgan fingerprint density at radius 2 is 1.54 bits per heavy atom. The Hall–Kier alpha value is -0.350. The smallest absolute Gasteiger partial charge is 0.146 e. The first-order valence-corrected chi connectivity index (χ1v) is 12.5. The van der Waals surface area contributed by atoms with Crippen molar-refractivity contribution in [2.75, 3.05) is 53.9 Å². The van der Waals surface area contributed by atoms with Crippen LogP contribution < -0.4 is 0 Å². The highest BCUT2D eigenvalue weighted by Gasteiger charge is 2.64. The molecule has 0 saturated carbocycles. The Balaban J connectivity index is 0.000000131. The monoisotopic (exact) mass is 528 g/mol. The maximum Gasteiger partial charge on any atom is 0.146 e. The SMILES string of the molecule is COC[C@]12O[C@@H](C)[C@H](OC1C)[C@@H]2OC.[B]C1OC2(CO)COC[C@H]1[C@H]2O.[B]C1OC2(CO)CO[C@H]1[C@H]2O. The van der Waals surface area contributed by atoms with Gasteiger partial charge in [0.25, 0.3) is 0 Å². The normalized spacial score (nSPS) is 53.0. The fourth-order valence-corrected chi connectivity index (χ4v) is 6.11. The van der Waals surface area contributed by atoms with Gasteiger partial charge in [0.1, 0.15) is 56.9 Å². The van der Waals surface area contributed by atoms with E-state index in [1.54, 1.807) is 14.2 Å². The molecule has 0 spiro atoms. The van der Waals surface area contributed by atoms with Crippen LogP contribution in [0.3, 0.4) is 0 Å². The van der Waals surface area contributed by atoms with Gasteiger partial charge in [0, 0.05) is 32.1 Å². The molecule has 6 fully saturated rings. The van der Waals surface area contributed by atoms with Gasteiger partial charge < -0.3 is 58.3 Å². The number of rotatable bonds is 5. The topological polar surface area (TPSA) is 155 Å². The summed E-state index contributed by atoms with van der Waals surface area (Å²) in [4.78, 5) is 0. The number of aliphatic hydroxyl groups is 4. The van der Waals surface area contributed by atoms with Gasteiger partial charge in [0.15, 0.2) is 0 Å². The van der Waals surface area contributed by atoms with Gasteiger partial charge in [-0.15, -0.1) is 0 Å². The average molecular weight is 528 g/mol. The van der Waals surface area contributed by atoms with Gasteiger partial charge >= 0.3 is 0 Å². The summed E-state index contributed by atoms with van der Waals surface area (Å²) < 4.78 is 43.1. The van der Waals surface area contributed by atoms with E-state index >= 15 is 0 Å². The van der Waals surface area contributed by atoms with Gasteiger partial charge in [-0.25, -0.2) is 0 Å². The quantitative estimate of drug-likeness (QED) is 0.267. The highest BCUT2D eigenvalue weighted by molar-refractivity contribution is 6.12. The number of aliphatic hydroxyl groups excluding tert-OH is 4. The molecule has 37 heavy (non-hydrogen) atoms. The van der Waals surface area contributed by atoms with E-state index in [1.165, 1.54) is 0 Å². The Morgan fingerprint density at radius 3 is 2.03 bits per heavy atom. The van der Waals surface area contributed by atoms with Crippen molar-refractivity contribution in [3.63, 3.8) is 0 Å². The fraction of sp³-hybridized carbons (Fsp3) is 1.00. The summed E-state index contributed by atoms with van der Waals surface area (Å²) in [5.74, 6) is -0.203. The van der Waals surface area contributed by atoms with Crippen LogP contribution in [0.4, 0.5) is 0 Å². The van der Waals surface area contributed by atoms with Crippen LogP contribution in [0, 0.1) is 5.92 Å². The Kier molecular flexibility index (Phi) is 9.02. The van der Waals surface area contributed by atoms with E-state index in [0.29, 0.717) is 13.2 Å². The molecule has 6 heterocycles. The summed E-state index contributed by atoms with van der Waals surface area (Å²) in [6.07, 6.45) is -1.80. The minimum absolute atomic E-state index is 0.00699. The predicted octanol–water partition coefficient (Wildman–Crippen LogP) is -3.16. The maximum absolute atomic E-state index is 9.68. The molecule has 12 nitrogen and oxygen atoms in total. The summed E-state index contributed by atoms with van der Waals surface area (Å²) in [7, 11) is 14.4. The highest BCUT2D eigenvalue weighted by atomic mass is 16.7. The van der Waals surface area contributed by atoms with Crippen molar-refractivity contribution in [2.45, 2.75) is 85.4 Å². The lowest BCUT2D eigenvalue weighted by Gasteiger charge is -2.34.